The van der Waals surface area contributed by atoms with E-state index in [1.165, 1.54) is 0 Å². The Bertz CT molecular complexity index is 998. The number of sulfone groups is 1. The zero-order valence-electron chi connectivity index (χ0n) is 13.6. The van der Waals surface area contributed by atoms with Crippen LogP contribution in [0.2, 0.25) is 0 Å². The molecule has 0 spiro atoms. The normalized spacial score (nSPS) is 14.7. The molecule has 1 aromatic carbocycles. The molecule has 0 bridgehead atoms. The van der Waals surface area contributed by atoms with Crippen LogP contribution in [0.3, 0.4) is 0 Å². The minimum absolute atomic E-state index is 0.0994. The molecule has 124 valence electrons. The monoisotopic (exact) mass is 341 g/mol. The number of fused-ring (bicyclic) bond motifs is 2. The Balaban J connectivity index is 1.71. The van der Waals surface area contributed by atoms with E-state index in [1.54, 1.807) is 6.07 Å². The van der Waals surface area contributed by atoms with Crippen molar-refractivity contribution in [1.29, 1.82) is 0 Å². The molecule has 0 fully saturated rings. The maximum atomic E-state index is 12.8. The topological polar surface area (TPSA) is 64.8 Å². The fourth-order valence-electron chi connectivity index (χ4n) is 3.29. The Kier molecular flexibility index (Phi) is 3.64. The highest BCUT2D eigenvalue weighted by Crippen LogP contribution is 2.23. The molecule has 1 aliphatic heterocycles. The van der Waals surface area contributed by atoms with E-state index in [-0.39, 0.29) is 10.8 Å². The lowest BCUT2D eigenvalue weighted by atomic mass is 10.1. The van der Waals surface area contributed by atoms with Crippen molar-refractivity contribution in [1.82, 2.24) is 14.8 Å². The summed E-state index contributed by atoms with van der Waals surface area (Å²) in [5.41, 5.74) is 3.37. The molecule has 4 rings (SSSR count). The van der Waals surface area contributed by atoms with E-state index >= 15 is 0 Å². The SMILES string of the molecule is Cc1cc(S(=O)(=O)Cc2cc3n(n2)CCCC3)nc2ccccc12. The molecule has 0 atom stereocenters. The van der Waals surface area contributed by atoms with Crippen LogP contribution in [0.5, 0.6) is 0 Å². The van der Waals surface area contributed by atoms with Crippen molar-refractivity contribution in [3.8, 4) is 0 Å². The van der Waals surface area contributed by atoms with Gasteiger partial charge >= 0.3 is 0 Å². The van der Waals surface area contributed by atoms with E-state index in [4.69, 9.17) is 0 Å². The van der Waals surface area contributed by atoms with E-state index in [1.807, 2.05) is 41.9 Å². The van der Waals surface area contributed by atoms with Gasteiger partial charge in [0, 0.05) is 17.6 Å². The molecule has 0 saturated carbocycles. The van der Waals surface area contributed by atoms with Crippen molar-refractivity contribution in [2.24, 2.45) is 0 Å². The van der Waals surface area contributed by atoms with Crippen LogP contribution in [-0.4, -0.2) is 23.2 Å². The van der Waals surface area contributed by atoms with Gasteiger partial charge in [-0.3, -0.25) is 4.68 Å². The molecular formula is C18H19N3O2S. The third-order valence-electron chi connectivity index (χ3n) is 4.52. The van der Waals surface area contributed by atoms with Gasteiger partial charge < -0.3 is 0 Å². The smallest absolute Gasteiger partial charge is 0.201 e. The number of hydrogen-bond acceptors (Lipinski definition) is 4. The summed E-state index contributed by atoms with van der Waals surface area (Å²) in [7, 11) is -3.51. The molecule has 2 aromatic heterocycles. The molecule has 0 radical (unpaired) electrons. The largest absolute Gasteiger partial charge is 0.269 e. The number of rotatable bonds is 3. The third-order valence-corrected chi connectivity index (χ3v) is 6.05. The van der Waals surface area contributed by atoms with Crippen LogP contribution in [0.25, 0.3) is 10.9 Å². The van der Waals surface area contributed by atoms with Crippen molar-refractivity contribution in [3.05, 3.63) is 53.3 Å². The molecule has 1 aliphatic rings. The average molecular weight is 341 g/mol. The second-order valence-electron chi connectivity index (χ2n) is 6.36. The van der Waals surface area contributed by atoms with Gasteiger partial charge in [-0.05, 0) is 49.9 Å². The van der Waals surface area contributed by atoms with Crippen molar-refractivity contribution >= 4 is 20.7 Å². The van der Waals surface area contributed by atoms with Crippen LogP contribution in [0.1, 0.15) is 29.8 Å². The Morgan fingerprint density at radius 2 is 2.00 bits per heavy atom. The lowest BCUT2D eigenvalue weighted by molar-refractivity contribution is 0.484. The number of aryl methyl sites for hydroxylation is 3. The van der Waals surface area contributed by atoms with Gasteiger partial charge in [0.1, 0.15) is 5.75 Å². The fraction of sp³-hybridized carbons (Fsp3) is 0.333. The number of nitrogens with zero attached hydrogens (tertiary/aromatic N) is 3. The zero-order chi connectivity index (χ0) is 16.7. The van der Waals surface area contributed by atoms with Crippen LogP contribution in [0.4, 0.5) is 0 Å². The molecule has 0 saturated heterocycles. The first-order chi connectivity index (χ1) is 11.5. The molecule has 0 unspecified atom stereocenters. The van der Waals surface area contributed by atoms with Crippen molar-refractivity contribution in [3.63, 3.8) is 0 Å². The van der Waals surface area contributed by atoms with E-state index in [0.29, 0.717) is 11.2 Å². The molecule has 3 aromatic rings. The summed E-state index contributed by atoms with van der Waals surface area (Å²) in [6.07, 6.45) is 3.22. The summed E-state index contributed by atoms with van der Waals surface area (Å²) >= 11 is 0. The Hall–Kier alpha value is -2.21. The van der Waals surface area contributed by atoms with Gasteiger partial charge in [-0.25, -0.2) is 13.4 Å². The molecule has 6 heteroatoms. The number of benzene rings is 1. The zero-order valence-corrected chi connectivity index (χ0v) is 14.4. The van der Waals surface area contributed by atoms with Crippen LogP contribution < -0.4 is 0 Å². The van der Waals surface area contributed by atoms with Gasteiger partial charge in [-0.2, -0.15) is 5.10 Å². The molecule has 0 amide bonds. The van der Waals surface area contributed by atoms with Gasteiger partial charge in [0.25, 0.3) is 0 Å². The van der Waals surface area contributed by atoms with E-state index in [9.17, 15) is 8.42 Å². The Labute approximate surface area is 141 Å². The maximum Gasteiger partial charge on any atom is 0.201 e. The van der Waals surface area contributed by atoms with Gasteiger partial charge in [0.2, 0.25) is 9.84 Å². The first kappa shape index (κ1) is 15.3. The third kappa shape index (κ3) is 2.71. The highest BCUT2D eigenvalue weighted by molar-refractivity contribution is 7.90. The fourth-order valence-corrected chi connectivity index (χ4v) is 4.57. The first-order valence-corrected chi connectivity index (χ1v) is 9.83. The maximum absolute atomic E-state index is 12.8. The van der Waals surface area contributed by atoms with E-state index in [2.05, 4.69) is 10.1 Å². The predicted octanol–water partition coefficient (Wildman–Crippen LogP) is 3.05. The van der Waals surface area contributed by atoms with Gasteiger partial charge in [0.15, 0.2) is 5.03 Å². The van der Waals surface area contributed by atoms with Crippen molar-refractivity contribution in [2.75, 3.05) is 0 Å². The van der Waals surface area contributed by atoms with E-state index in [0.717, 1.165) is 42.5 Å². The summed E-state index contributed by atoms with van der Waals surface area (Å²) in [5, 5.41) is 5.57. The quantitative estimate of drug-likeness (QED) is 0.734. The lowest BCUT2D eigenvalue weighted by Crippen LogP contribution is -2.11. The Morgan fingerprint density at radius 3 is 2.83 bits per heavy atom. The summed E-state index contributed by atoms with van der Waals surface area (Å²) in [6, 6.07) is 11.2. The molecule has 3 heterocycles. The minimum Gasteiger partial charge on any atom is -0.269 e. The standard InChI is InChI=1S/C18H19N3O2S/c1-13-10-18(19-17-8-3-2-7-16(13)17)24(22,23)12-14-11-15-6-4-5-9-21(15)20-14/h2-3,7-8,10-11H,4-6,9,12H2,1H3. The number of aromatic nitrogens is 3. The molecular weight excluding hydrogens is 322 g/mol. The van der Waals surface area contributed by atoms with Gasteiger partial charge in [-0.1, -0.05) is 18.2 Å². The molecule has 0 aliphatic carbocycles. The highest BCUT2D eigenvalue weighted by atomic mass is 32.2. The van der Waals surface area contributed by atoms with E-state index < -0.39 is 9.84 Å². The number of para-hydroxylation sites is 1. The predicted molar refractivity (Wildman–Crippen MR) is 92.5 cm³/mol. The van der Waals surface area contributed by atoms with Crippen LogP contribution >= 0.6 is 0 Å². The average Bonchev–Trinajstić information content (AvgIpc) is 2.96. The van der Waals surface area contributed by atoms with Crippen LogP contribution in [-0.2, 0) is 28.6 Å². The molecule has 0 N–H and O–H groups in total. The lowest BCUT2D eigenvalue weighted by Gasteiger charge is -2.11. The molecule has 5 nitrogen and oxygen atoms in total. The van der Waals surface area contributed by atoms with Crippen molar-refractivity contribution < 1.29 is 8.42 Å². The summed E-state index contributed by atoms with van der Waals surface area (Å²) < 4.78 is 27.5. The highest BCUT2D eigenvalue weighted by Gasteiger charge is 2.22. The number of pyridine rings is 1. The van der Waals surface area contributed by atoms with Crippen molar-refractivity contribution in [2.45, 2.75) is 43.5 Å². The molecule has 24 heavy (non-hydrogen) atoms. The minimum atomic E-state index is -3.51. The van der Waals surface area contributed by atoms with Crippen LogP contribution in [0.15, 0.2) is 41.4 Å². The Morgan fingerprint density at radius 1 is 1.17 bits per heavy atom. The first-order valence-electron chi connectivity index (χ1n) is 8.18. The summed E-state index contributed by atoms with van der Waals surface area (Å²) in [6.45, 7) is 2.79. The van der Waals surface area contributed by atoms with Crippen LogP contribution in [0, 0.1) is 6.92 Å². The number of hydrogen-bond donors (Lipinski definition) is 0. The summed E-state index contributed by atoms with van der Waals surface area (Å²) in [5.74, 6) is -0.0994. The van der Waals surface area contributed by atoms with Gasteiger partial charge in [0.05, 0.1) is 11.2 Å². The second kappa shape index (κ2) is 5.70. The summed E-state index contributed by atoms with van der Waals surface area (Å²) in [4.78, 5) is 4.36. The van der Waals surface area contributed by atoms with Gasteiger partial charge in [-0.15, -0.1) is 0 Å². The second-order valence-corrected chi connectivity index (χ2v) is 8.30.